The topological polar surface area (TPSA) is 70.1 Å². The van der Waals surface area contributed by atoms with Gasteiger partial charge in [0.05, 0.1) is 0 Å². The molecule has 0 aliphatic carbocycles. The molecule has 2 aromatic heterocycles. The van der Waals surface area contributed by atoms with E-state index in [1.165, 1.54) is 12.1 Å². The lowest BCUT2D eigenvalue weighted by atomic mass is 10.0. The molecule has 0 saturated heterocycles. The highest BCUT2D eigenvalue weighted by Gasteiger charge is 2.23. The Bertz CT molecular complexity index is 1260. The van der Waals surface area contributed by atoms with E-state index in [4.69, 9.17) is 0 Å². The highest BCUT2D eigenvalue weighted by Crippen LogP contribution is 2.20. The van der Waals surface area contributed by atoms with Crippen molar-refractivity contribution in [3.8, 4) is 0 Å². The van der Waals surface area contributed by atoms with Gasteiger partial charge in [0.25, 0.3) is 11.8 Å². The van der Waals surface area contributed by atoms with Gasteiger partial charge >= 0.3 is 0 Å². The van der Waals surface area contributed by atoms with Gasteiger partial charge in [-0.15, -0.1) is 0 Å². The average Bonchev–Trinajstić information content (AvgIpc) is 3.43. The van der Waals surface area contributed by atoms with E-state index in [-0.39, 0.29) is 23.7 Å². The molecule has 0 radical (unpaired) electrons. The third kappa shape index (κ3) is 5.14. The van der Waals surface area contributed by atoms with Gasteiger partial charge in [-0.2, -0.15) is 0 Å². The van der Waals surface area contributed by atoms with Crippen LogP contribution in [0.15, 0.2) is 72.9 Å². The van der Waals surface area contributed by atoms with Gasteiger partial charge in [0, 0.05) is 43.8 Å². The van der Waals surface area contributed by atoms with Gasteiger partial charge in [0.15, 0.2) is 0 Å². The minimum Gasteiger partial charge on any atom is -0.351 e. The van der Waals surface area contributed by atoms with E-state index in [1.54, 1.807) is 34.7 Å². The number of amides is 2. The summed E-state index contributed by atoms with van der Waals surface area (Å²) in [6, 6.07) is 19.5. The number of benzene rings is 2. The van der Waals surface area contributed by atoms with Crippen LogP contribution in [0.4, 0.5) is 4.39 Å². The lowest BCUT2D eigenvalue weighted by Gasteiger charge is -2.28. The molecule has 7 heteroatoms. The van der Waals surface area contributed by atoms with Gasteiger partial charge in [-0.1, -0.05) is 30.3 Å². The number of nitrogens with zero attached hydrogens (tertiary/aromatic N) is 2. The maximum absolute atomic E-state index is 13.6. The minimum absolute atomic E-state index is 0.142. The lowest BCUT2D eigenvalue weighted by Crippen LogP contribution is -2.41. The van der Waals surface area contributed by atoms with Crippen molar-refractivity contribution in [2.75, 3.05) is 13.6 Å². The van der Waals surface area contributed by atoms with E-state index in [2.05, 4.69) is 10.3 Å². The van der Waals surface area contributed by atoms with Crippen molar-refractivity contribution in [2.24, 2.45) is 7.05 Å². The molecule has 0 fully saturated rings. The second-order valence-corrected chi connectivity index (χ2v) is 8.22. The molecular formula is C26H27FN4O2. The van der Waals surface area contributed by atoms with Gasteiger partial charge < -0.3 is 19.8 Å². The van der Waals surface area contributed by atoms with Crippen LogP contribution < -0.4 is 5.32 Å². The highest BCUT2D eigenvalue weighted by atomic mass is 19.1. The molecule has 4 rings (SSSR count). The predicted octanol–water partition coefficient (Wildman–Crippen LogP) is 4.15. The molecule has 170 valence electrons. The molecule has 1 atom stereocenters. The number of fused-ring (bicyclic) bond motifs is 1. The van der Waals surface area contributed by atoms with Crippen LogP contribution in [-0.2, 0) is 13.5 Å². The van der Waals surface area contributed by atoms with Gasteiger partial charge in [-0.25, -0.2) is 4.39 Å². The molecule has 0 bridgehead atoms. The molecule has 0 aliphatic rings. The monoisotopic (exact) mass is 446 g/mol. The maximum Gasteiger partial charge on any atom is 0.270 e. The number of hydrogen-bond donors (Lipinski definition) is 2. The summed E-state index contributed by atoms with van der Waals surface area (Å²) in [5, 5.41) is 3.61. The Hall–Kier alpha value is -3.87. The lowest BCUT2D eigenvalue weighted by molar-refractivity contribution is 0.0718. The molecule has 6 nitrogen and oxygen atoms in total. The number of rotatable bonds is 8. The molecule has 4 aromatic rings. The van der Waals surface area contributed by atoms with Crippen molar-refractivity contribution in [1.82, 2.24) is 19.8 Å². The Labute approximate surface area is 192 Å². The smallest absolute Gasteiger partial charge is 0.270 e. The van der Waals surface area contributed by atoms with Gasteiger partial charge in [0.2, 0.25) is 0 Å². The zero-order chi connectivity index (χ0) is 23.4. The molecule has 2 aromatic carbocycles. The van der Waals surface area contributed by atoms with Crippen molar-refractivity contribution in [1.29, 1.82) is 0 Å². The Morgan fingerprint density at radius 2 is 1.88 bits per heavy atom. The number of likely N-dealkylation sites (N-methyl/N-ethyl adjacent to an activating group) is 1. The summed E-state index contributed by atoms with van der Waals surface area (Å²) in [6.45, 7) is 0.428. The van der Waals surface area contributed by atoms with Crippen molar-refractivity contribution in [3.63, 3.8) is 0 Å². The second kappa shape index (κ2) is 9.73. The van der Waals surface area contributed by atoms with Crippen LogP contribution in [0.25, 0.3) is 10.9 Å². The summed E-state index contributed by atoms with van der Waals surface area (Å²) >= 11 is 0. The number of hydrogen-bond acceptors (Lipinski definition) is 2. The Kier molecular flexibility index (Phi) is 6.58. The molecular weight excluding hydrogens is 419 g/mol. The second-order valence-electron chi connectivity index (χ2n) is 8.22. The molecule has 0 aliphatic heterocycles. The summed E-state index contributed by atoms with van der Waals surface area (Å²) in [6.07, 6.45) is 3.06. The van der Waals surface area contributed by atoms with Crippen molar-refractivity contribution >= 4 is 22.7 Å². The Morgan fingerprint density at radius 1 is 1.09 bits per heavy atom. The summed E-state index contributed by atoms with van der Waals surface area (Å²) in [4.78, 5) is 30.5. The standard InChI is InChI=1S/C26H27FN4O2/c1-30-14-6-9-24(30)25(32)28-13-12-21(15-18-7-4-3-5-8-18)31(2)26(33)23-17-19-16-20(27)10-11-22(19)29-23/h3-11,14,16-17,21,29H,12-13,15H2,1-2H3,(H,28,32). The fraction of sp³-hybridized carbons (Fsp3) is 0.231. The quantitative estimate of drug-likeness (QED) is 0.427. The predicted molar refractivity (Wildman–Crippen MR) is 127 cm³/mol. The van der Waals surface area contributed by atoms with Gasteiger partial charge in [-0.05, 0) is 54.8 Å². The van der Waals surface area contributed by atoms with Crippen LogP contribution in [0.1, 0.15) is 33.0 Å². The van der Waals surface area contributed by atoms with E-state index >= 15 is 0 Å². The van der Waals surface area contributed by atoms with Crippen LogP contribution in [0.3, 0.4) is 0 Å². The van der Waals surface area contributed by atoms with E-state index < -0.39 is 0 Å². The van der Waals surface area contributed by atoms with E-state index in [0.29, 0.717) is 41.7 Å². The SMILES string of the molecule is CN(C(=O)c1cc2cc(F)ccc2[nH]1)C(CCNC(=O)c1cccn1C)Cc1ccccc1. The Morgan fingerprint density at radius 3 is 2.61 bits per heavy atom. The van der Waals surface area contributed by atoms with Crippen LogP contribution in [0.5, 0.6) is 0 Å². The molecule has 2 N–H and O–H groups in total. The first-order valence-corrected chi connectivity index (χ1v) is 10.9. The van der Waals surface area contributed by atoms with Crippen molar-refractivity contribution in [2.45, 2.75) is 18.9 Å². The zero-order valence-corrected chi connectivity index (χ0v) is 18.7. The van der Waals surface area contributed by atoms with Crippen LogP contribution in [-0.4, -0.2) is 45.9 Å². The van der Waals surface area contributed by atoms with E-state index in [9.17, 15) is 14.0 Å². The first-order chi connectivity index (χ1) is 15.9. The molecule has 0 spiro atoms. The van der Waals surface area contributed by atoms with Gasteiger partial charge in [-0.3, -0.25) is 9.59 Å². The van der Waals surface area contributed by atoms with E-state index in [0.717, 1.165) is 5.56 Å². The number of aryl methyl sites for hydroxylation is 1. The number of halogens is 1. The maximum atomic E-state index is 13.6. The molecule has 2 amide bonds. The fourth-order valence-electron chi connectivity index (χ4n) is 4.03. The molecule has 33 heavy (non-hydrogen) atoms. The fourth-order valence-corrected chi connectivity index (χ4v) is 4.03. The highest BCUT2D eigenvalue weighted by molar-refractivity contribution is 5.98. The first kappa shape index (κ1) is 22.3. The van der Waals surface area contributed by atoms with Crippen LogP contribution >= 0.6 is 0 Å². The summed E-state index contributed by atoms with van der Waals surface area (Å²) in [5.41, 5.74) is 2.81. The Balaban J connectivity index is 1.49. The number of aromatic nitrogens is 2. The number of carbonyl (C=O) groups is 2. The van der Waals surface area contributed by atoms with Crippen molar-refractivity contribution in [3.05, 3.63) is 95.7 Å². The van der Waals surface area contributed by atoms with Gasteiger partial charge in [0.1, 0.15) is 17.2 Å². The molecule has 2 heterocycles. The van der Waals surface area contributed by atoms with E-state index in [1.807, 2.05) is 49.6 Å². The first-order valence-electron chi connectivity index (χ1n) is 10.9. The van der Waals surface area contributed by atoms with Crippen LogP contribution in [0, 0.1) is 5.82 Å². The van der Waals surface area contributed by atoms with Crippen molar-refractivity contribution < 1.29 is 14.0 Å². The number of carbonyl (C=O) groups excluding carboxylic acids is 2. The normalized spacial score (nSPS) is 12.0. The summed E-state index contributed by atoms with van der Waals surface area (Å²) in [7, 11) is 3.59. The largest absolute Gasteiger partial charge is 0.351 e. The summed E-state index contributed by atoms with van der Waals surface area (Å²) < 4.78 is 15.3. The molecule has 1 unspecified atom stereocenters. The summed E-state index contributed by atoms with van der Waals surface area (Å²) in [5.74, 6) is -0.668. The third-order valence-corrected chi connectivity index (χ3v) is 5.93. The zero-order valence-electron chi connectivity index (χ0n) is 18.7. The van der Waals surface area contributed by atoms with Crippen LogP contribution in [0.2, 0.25) is 0 Å². The molecule has 0 saturated carbocycles. The average molecular weight is 447 g/mol. The third-order valence-electron chi connectivity index (χ3n) is 5.93. The minimum atomic E-state index is -0.343. The number of aromatic amines is 1. The number of nitrogens with one attached hydrogen (secondary N) is 2. The number of H-pyrrole nitrogens is 1.